The molecule has 1 saturated heterocycles. The first-order chi connectivity index (χ1) is 11.5. The van der Waals surface area contributed by atoms with Crippen molar-refractivity contribution in [1.82, 2.24) is 20.1 Å². The Morgan fingerprint density at radius 2 is 2.21 bits per heavy atom. The maximum absolute atomic E-state index is 12.6. The van der Waals surface area contributed by atoms with E-state index in [4.69, 9.17) is 5.73 Å². The van der Waals surface area contributed by atoms with Crippen molar-refractivity contribution in [3.05, 3.63) is 12.4 Å². The number of piperidine rings is 1. The van der Waals surface area contributed by atoms with Gasteiger partial charge < -0.3 is 16.0 Å². The second kappa shape index (κ2) is 6.46. The van der Waals surface area contributed by atoms with Gasteiger partial charge >= 0.3 is 11.8 Å². The van der Waals surface area contributed by atoms with Crippen LogP contribution in [0, 0.1) is 5.92 Å². The number of fused-ring (bicyclic) bond motifs is 1. The summed E-state index contributed by atoms with van der Waals surface area (Å²) in [5, 5.41) is 9.91. The van der Waals surface area contributed by atoms with Gasteiger partial charge in [0.15, 0.2) is 0 Å². The summed E-state index contributed by atoms with van der Waals surface area (Å²) in [5.41, 5.74) is 6.72. The summed E-state index contributed by atoms with van der Waals surface area (Å²) in [7, 11) is 0. The Morgan fingerprint density at radius 3 is 2.96 bits per heavy atom. The van der Waals surface area contributed by atoms with Gasteiger partial charge in [0.1, 0.15) is 5.82 Å². The minimum Gasteiger partial charge on any atom is -0.383 e. The topological polar surface area (TPSA) is 117 Å². The molecule has 0 spiro atoms. The molecule has 0 aliphatic carbocycles. The molecule has 2 aromatic heterocycles. The fourth-order valence-corrected chi connectivity index (χ4v) is 3.15. The number of nitrogen functional groups attached to an aromatic ring is 1. The third-order valence-electron chi connectivity index (χ3n) is 4.78. The summed E-state index contributed by atoms with van der Waals surface area (Å²) in [4.78, 5) is 30.7. The lowest BCUT2D eigenvalue weighted by Crippen LogP contribution is -2.49. The Hall–Kier alpha value is -2.64. The molecule has 8 nitrogen and oxygen atoms in total. The fourth-order valence-electron chi connectivity index (χ4n) is 3.15. The van der Waals surface area contributed by atoms with Crippen LogP contribution in [0.5, 0.6) is 0 Å². The predicted octanol–water partition coefficient (Wildman–Crippen LogP) is 1.52. The number of nitrogens with zero attached hydrogens (tertiary/aromatic N) is 3. The third-order valence-corrected chi connectivity index (χ3v) is 4.78. The van der Waals surface area contributed by atoms with Crippen LogP contribution in [0.25, 0.3) is 10.9 Å². The maximum Gasteiger partial charge on any atom is 0.314 e. The van der Waals surface area contributed by atoms with Crippen molar-refractivity contribution in [3.8, 4) is 0 Å². The zero-order valence-corrected chi connectivity index (χ0v) is 13.9. The molecule has 0 bridgehead atoms. The number of aromatic amines is 1. The van der Waals surface area contributed by atoms with Crippen LogP contribution in [-0.2, 0) is 9.59 Å². The molecule has 3 heterocycles. The smallest absolute Gasteiger partial charge is 0.314 e. The molecule has 1 aliphatic rings. The van der Waals surface area contributed by atoms with Gasteiger partial charge in [-0.15, -0.1) is 0 Å². The molecule has 128 valence electrons. The molecule has 0 aromatic carbocycles. The zero-order valence-electron chi connectivity index (χ0n) is 13.9. The van der Waals surface area contributed by atoms with Crippen LogP contribution >= 0.6 is 0 Å². The van der Waals surface area contributed by atoms with Crippen LogP contribution in [0.2, 0.25) is 0 Å². The summed E-state index contributed by atoms with van der Waals surface area (Å²) < 4.78 is 0. The van der Waals surface area contributed by atoms with Crippen molar-refractivity contribution < 1.29 is 9.59 Å². The highest BCUT2D eigenvalue weighted by molar-refractivity contribution is 6.40. The van der Waals surface area contributed by atoms with Crippen molar-refractivity contribution in [2.45, 2.75) is 39.2 Å². The average molecular weight is 330 g/mol. The number of pyridine rings is 1. The quantitative estimate of drug-likeness (QED) is 0.722. The number of nitrogens with one attached hydrogen (secondary N) is 2. The number of amides is 2. The minimum atomic E-state index is -0.666. The second-order valence-electron chi connectivity index (χ2n) is 6.33. The molecule has 1 aliphatic heterocycles. The van der Waals surface area contributed by atoms with E-state index >= 15 is 0 Å². The summed E-state index contributed by atoms with van der Waals surface area (Å²) in [6, 6.07) is 0.0720. The van der Waals surface area contributed by atoms with Gasteiger partial charge in [0, 0.05) is 12.6 Å². The Kier molecular flexibility index (Phi) is 4.37. The maximum atomic E-state index is 12.6. The number of aromatic nitrogens is 3. The van der Waals surface area contributed by atoms with Crippen molar-refractivity contribution in [2.24, 2.45) is 5.92 Å². The van der Waals surface area contributed by atoms with Gasteiger partial charge in [0.2, 0.25) is 0 Å². The van der Waals surface area contributed by atoms with Gasteiger partial charge in [-0.25, -0.2) is 4.98 Å². The van der Waals surface area contributed by atoms with Crippen LogP contribution in [0.3, 0.4) is 0 Å². The van der Waals surface area contributed by atoms with Gasteiger partial charge in [-0.2, -0.15) is 5.10 Å². The highest BCUT2D eigenvalue weighted by Crippen LogP contribution is 2.26. The molecule has 2 aromatic rings. The van der Waals surface area contributed by atoms with E-state index in [1.165, 1.54) is 12.4 Å². The summed E-state index contributed by atoms with van der Waals surface area (Å²) in [5.74, 6) is -0.403. The molecule has 2 amide bonds. The number of carbonyl (C=O) groups excluding carboxylic acids is 2. The second-order valence-corrected chi connectivity index (χ2v) is 6.33. The number of H-pyrrole nitrogens is 1. The number of hydrogen-bond donors (Lipinski definition) is 3. The molecule has 8 heteroatoms. The van der Waals surface area contributed by atoms with Gasteiger partial charge in [0.25, 0.3) is 0 Å². The molecule has 3 rings (SSSR count). The molecule has 0 radical (unpaired) electrons. The monoisotopic (exact) mass is 330 g/mol. The Bertz CT molecular complexity index is 771. The first-order valence-corrected chi connectivity index (χ1v) is 8.20. The molecular weight excluding hydrogens is 308 g/mol. The van der Waals surface area contributed by atoms with E-state index in [2.05, 4.69) is 27.4 Å². The highest BCUT2D eigenvalue weighted by atomic mass is 16.2. The van der Waals surface area contributed by atoms with Crippen LogP contribution in [0.1, 0.15) is 33.1 Å². The Balaban J connectivity index is 1.77. The SMILES string of the molecule is CC[C@@H]1CC[C@H](C)N(C(=O)C(=O)Nc2cnc(N)c3cn[nH]c23)C1. The highest BCUT2D eigenvalue weighted by Gasteiger charge is 2.32. The standard InChI is InChI=1S/C16H22N6O2/c1-3-10-5-4-9(2)22(8-10)16(24)15(23)20-12-7-18-14(17)11-6-19-21-13(11)12/h6-7,9-10H,3-5,8H2,1-2H3,(H2,17,18)(H,19,21)(H,20,23)/t9-,10+/m0/s1. The van der Waals surface area contributed by atoms with E-state index < -0.39 is 11.8 Å². The third kappa shape index (κ3) is 2.91. The summed E-state index contributed by atoms with van der Waals surface area (Å²) in [6.07, 6.45) is 5.99. The first-order valence-electron chi connectivity index (χ1n) is 8.20. The molecule has 1 fully saturated rings. The number of carbonyl (C=O) groups is 2. The fraction of sp³-hybridized carbons (Fsp3) is 0.500. The van der Waals surface area contributed by atoms with E-state index in [0.29, 0.717) is 34.9 Å². The number of rotatable bonds is 2. The lowest BCUT2D eigenvalue weighted by Gasteiger charge is -2.37. The summed E-state index contributed by atoms with van der Waals surface area (Å²) in [6.45, 7) is 4.72. The van der Waals surface area contributed by atoms with Crippen LogP contribution in [-0.4, -0.2) is 44.5 Å². The van der Waals surface area contributed by atoms with E-state index in [9.17, 15) is 9.59 Å². The molecule has 0 saturated carbocycles. The van der Waals surface area contributed by atoms with Gasteiger partial charge in [-0.1, -0.05) is 13.3 Å². The molecule has 2 atom stereocenters. The van der Waals surface area contributed by atoms with Crippen molar-refractivity contribution >= 4 is 34.2 Å². The minimum absolute atomic E-state index is 0.0720. The largest absolute Gasteiger partial charge is 0.383 e. The van der Waals surface area contributed by atoms with E-state index in [1.54, 1.807) is 4.90 Å². The van der Waals surface area contributed by atoms with Gasteiger partial charge in [0.05, 0.1) is 29.0 Å². The molecular formula is C16H22N6O2. The zero-order chi connectivity index (χ0) is 17.3. The van der Waals surface area contributed by atoms with Crippen LogP contribution in [0.4, 0.5) is 11.5 Å². The molecule has 0 unspecified atom stereocenters. The van der Waals surface area contributed by atoms with Gasteiger partial charge in [-0.3, -0.25) is 14.7 Å². The van der Waals surface area contributed by atoms with E-state index in [0.717, 1.165) is 19.3 Å². The number of nitrogens with two attached hydrogens (primary N) is 1. The van der Waals surface area contributed by atoms with Crippen molar-refractivity contribution in [1.29, 1.82) is 0 Å². The summed E-state index contributed by atoms with van der Waals surface area (Å²) >= 11 is 0. The molecule has 4 N–H and O–H groups in total. The Labute approximate surface area is 139 Å². The van der Waals surface area contributed by atoms with Crippen molar-refractivity contribution in [3.63, 3.8) is 0 Å². The molecule has 24 heavy (non-hydrogen) atoms. The average Bonchev–Trinajstić information content (AvgIpc) is 3.08. The first kappa shape index (κ1) is 16.2. The predicted molar refractivity (Wildman–Crippen MR) is 91.1 cm³/mol. The lowest BCUT2D eigenvalue weighted by molar-refractivity contribution is -0.146. The number of likely N-dealkylation sites (tertiary alicyclic amines) is 1. The van der Waals surface area contributed by atoms with E-state index in [1.807, 2.05) is 6.92 Å². The van der Waals surface area contributed by atoms with Crippen LogP contribution < -0.4 is 11.1 Å². The number of hydrogen-bond acceptors (Lipinski definition) is 5. The van der Waals surface area contributed by atoms with Crippen molar-refractivity contribution in [2.75, 3.05) is 17.6 Å². The van der Waals surface area contributed by atoms with Gasteiger partial charge in [-0.05, 0) is 25.7 Å². The van der Waals surface area contributed by atoms with E-state index in [-0.39, 0.29) is 6.04 Å². The lowest BCUT2D eigenvalue weighted by atomic mass is 9.91. The Morgan fingerprint density at radius 1 is 1.42 bits per heavy atom. The number of anilines is 2. The van der Waals surface area contributed by atoms with Crippen LogP contribution in [0.15, 0.2) is 12.4 Å². The normalized spacial score (nSPS) is 21.0.